The fraction of sp³-hybridized carbons (Fsp3) is 0.0769. The van der Waals surface area contributed by atoms with Crippen LogP contribution in [0.15, 0.2) is 35.8 Å². The van der Waals surface area contributed by atoms with Gasteiger partial charge in [-0.15, -0.1) is 11.3 Å². The predicted molar refractivity (Wildman–Crippen MR) is 76.6 cm³/mol. The Hall–Kier alpha value is -2.54. The summed E-state index contributed by atoms with van der Waals surface area (Å²) in [5, 5.41) is 15.5. The number of aryl methyl sites for hydroxylation is 1. The third-order valence-corrected chi connectivity index (χ3v) is 3.40. The zero-order chi connectivity index (χ0) is 13.9. The highest BCUT2D eigenvalue weighted by molar-refractivity contribution is 7.13. The number of hydrogen-bond donors (Lipinski definition) is 2. The van der Waals surface area contributed by atoms with Crippen molar-refractivity contribution in [3.8, 4) is 11.3 Å². The molecule has 1 amide bonds. The van der Waals surface area contributed by atoms with Crippen LogP contribution in [0, 0.1) is 6.92 Å². The Morgan fingerprint density at radius 3 is 3.00 bits per heavy atom. The molecule has 0 unspecified atom stereocenters. The number of carbonyl (C=O) groups excluding carboxylic acids is 1. The van der Waals surface area contributed by atoms with E-state index in [0.717, 1.165) is 11.1 Å². The van der Waals surface area contributed by atoms with Crippen LogP contribution < -0.4 is 5.32 Å². The topological polar surface area (TPSA) is 83.6 Å². The number of anilines is 1. The van der Waals surface area contributed by atoms with Crippen molar-refractivity contribution in [2.45, 2.75) is 6.92 Å². The van der Waals surface area contributed by atoms with Gasteiger partial charge in [0.15, 0.2) is 10.8 Å². The van der Waals surface area contributed by atoms with Gasteiger partial charge < -0.3 is 0 Å². The molecule has 0 aliphatic carbocycles. The van der Waals surface area contributed by atoms with Gasteiger partial charge in [-0.1, -0.05) is 23.8 Å². The lowest BCUT2D eigenvalue weighted by molar-refractivity contribution is 0.102. The summed E-state index contributed by atoms with van der Waals surface area (Å²) >= 11 is 1.35. The normalized spacial score (nSPS) is 10.4. The minimum atomic E-state index is -0.329. The molecular formula is C13H11N5OS. The first kappa shape index (κ1) is 12.5. The van der Waals surface area contributed by atoms with Gasteiger partial charge in [0.1, 0.15) is 5.69 Å². The molecule has 0 aliphatic rings. The van der Waals surface area contributed by atoms with E-state index in [2.05, 4.69) is 25.7 Å². The molecule has 0 atom stereocenters. The second-order valence-electron chi connectivity index (χ2n) is 4.18. The van der Waals surface area contributed by atoms with Crippen LogP contribution in [0.1, 0.15) is 16.1 Å². The summed E-state index contributed by atoms with van der Waals surface area (Å²) in [5.74, 6) is -0.329. The minimum Gasteiger partial charge on any atom is -0.296 e. The molecule has 20 heavy (non-hydrogen) atoms. The van der Waals surface area contributed by atoms with E-state index in [9.17, 15) is 4.79 Å². The number of thiazole rings is 1. The maximum Gasteiger partial charge on any atom is 0.280 e. The van der Waals surface area contributed by atoms with Crippen LogP contribution in [0.25, 0.3) is 11.3 Å². The van der Waals surface area contributed by atoms with E-state index in [-0.39, 0.29) is 11.6 Å². The number of carbonyl (C=O) groups is 1. The Morgan fingerprint density at radius 2 is 2.25 bits per heavy atom. The van der Waals surface area contributed by atoms with Gasteiger partial charge in [0.2, 0.25) is 0 Å². The van der Waals surface area contributed by atoms with E-state index < -0.39 is 0 Å². The van der Waals surface area contributed by atoms with Gasteiger partial charge in [-0.2, -0.15) is 15.4 Å². The van der Waals surface area contributed by atoms with Gasteiger partial charge in [0.05, 0.1) is 0 Å². The Morgan fingerprint density at radius 1 is 1.35 bits per heavy atom. The number of amides is 1. The smallest absolute Gasteiger partial charge is 0.280 e. The van der Waals surface area contributed by atoms with E-state index in [4.69, 9.17) is 0 Å². The Kier molecular flexibility index (Phi) is 3.26. The van der Waals surface area contributed by atoms with Crippen LogP contribution in [0.2, 0.25) is 0 Å². The fourth-order valence-electron chi connectivity index (χ4n) is 1.82. The lowest BCUT2D eigenvalue weighted by atomic mass is 10.1. The highest BCUT2D eigenvalue weighted by atomic mass is 32.1. The van der Waals surface area contributed by atoms with E-state index in [0.29, 0.717) is 10.8 Å². The van der Waals surface area contributed by atoms with Gasteiger partial charge >= 0.3 is 0 Å². The molecule has 6 nitrogen and oxygen atoms in total. The highest BCUT2D eigenvalue weighted by Crippen LogP contribution is 2.21. The highest BCUT2D eigenvalue weighted by Gasteiger charge is 2.18. The number of H-pyrrole nitrogens is 1. The molecular weight excluding hydrogens is 274 g/mol. The SMILES string of the molecule is Cc1cccc(-c2n[nH]nc2C(=O)Nc2nccs2)c1. The Labute approximate surface area is 118 Å². The zero-order valence-electron chi connectivity index (χ0n) is 10.6. The van der Waals surface area contributed by atoms with Crippen LogP contribution in [-0.2, 0) is 0 Å². The van der Waals surface area contributed by atoms with Crippen molar-refractivity contribution in [3.63, 3.8) is 0 Å². The first-order valence-corrected chi connectivity index (χ1v) is 6.80. The van der Waals surface area contributed by atoms with Gasteiger partial charge in [-0.05, 0) is 13.0 Å². The average Bonchev–Trinajstić information content (AvgIpc) is 3.09. The van der Waals surface area contributed by atoms with Gasteiger partial charge in [0.25, 0.3) is 5.91 Å². The van der Waals surface area contributed by atoms with Crippen LogP contribution >= 0.6 is 11.3 Å². The molecule has 2 aromatic heterocycles. The van der Waals surface area contributed by atoms with Crippen LogP contribution in [-0.4, -0.2) is 26.3 Å². The summed E-state index contributed by atoms with van der Waals surface area (Å²) in [6, 6.07) is 7.75. The van der Waals surface area contributed by atoms with Crippen molar-refractivity contribution in [1.82, 2.24) is 20.4 Å². The standard InChI is InChI=1S/C13H11N5OS/c1-8-3-2-4-9(7-8)10-11(17-18-16-10)12(19)15-13-14-5-6-20-13/h2-7H,1H3,(H,14,15,19)(H,16,17,18). The molecule has 0 aliphatic heterocycles. The molecule has 3 rings (SSSR count). The molecule has 0 fully saturated rings. The van der Waals surface area contributed by atoms with Gasteiger partial charge in [-0.25, -0.2) is 4.98 Å². The fourth-order valence-corrected chi connectivity index (χ4v) is 2.35. The summed E-state index contributed by atoms with van der Waals surface area (Å²) in [5.41, 5.74) is 2.73. The summed E-state index contributed by atoms with van der Waals surface area (Å²) < 4.78 is 0. The number of benzene rings is 1. The number of hydrogen-bond acceptors (Lipinski definition) is 5. The number of aromatic nitrogens is 4. The summed E-state index contributed by atoms with van der Waals surface area (Å²) in [6.07, 6.45) is 1.63. The number of rotatable bonds is 3. The van der Waals surface area contributed by atoms with Gasteiger partial charge in [0, 0.05) is 17.1 Å². The first-order valence-electron chi connectivity index (χ1n) is 5.92. The number of nitrogens with zero attached hydrogens (tertiary/aromatic N) is 3. The Bertz CT molecular complexity index is 735. The van der Waals surface area contributed by atoms with Gasteiger partial charge in [-0.3, -0.25) is 10.1 Å². The minimum absolute atomic E-state index is 0.255. The van der Waals surface area contributed by atoms with Crippen molar-refractivity contribution in [2.75, 3.05) is 5.32 Å². The third-order valence-electron chi connectivity index (χ3n) is 2.71. The van der Waals surface area contributed by atoms with Crippen molar-refractivity contribution in [1.29, 1.82) is 0 Å². The summed E-state index contributed by atoms with van der Waals surface area (Å²) in [6.45, 7) is 1.99. The molecule has 0 bridgehead atoms. The molecule has 100 valence electrons. The van der Waals surface area contributed by atoms with Crippen LogP contribution in [0.4, 0.5) is 5.13 Å². The predicted octanol–water partition coefficient (Wildman–Crippen LogP) is 2.49. The van der Waals surface area contributed by atoms with Crippen molar-refractivity contribution in [3.05, 3.63) is 47.1 Å². The first-order chi connectivity index (χ1) is 9.74. The largest absolute Gasteiger partial charge is 0.296 e. The molecule has 3 aromatic rings. The molecule has 7 heteroatoms. The van der Waals surface area contributed by atoms with Crippen molar-refractivity contribution >= 4 is 22.4 Å². The molecule has 0 saturated carbocycles. The van der Waals surface area contributed by atoms with Crippen LogP contribution in [0.3, 0.4) is 0 Å². The maximum atomic E-state index is 12.2. The quantitative estimate of drug-likeness (QED) is 0.774. The second-order valence-corrected chi connectivity index (χ2v) is 5.08. The van der Waals surface area contributed by atoms with E-state index >= 15 is 0 Å². The third kappa shape index (κ3) is 2.43. The molecule has 0 radical (unpaired) electrons. The van der Waals surface area contributed by atoms with Crippen molar-refractivity contribution in [2.24, 2.45) is 0 Å². The molecule has 2 heterocycles. The van der Waals surface area contributed by atoms with E-state index in [1.54, 1.807) is 11.6 Å². The number of aromatic amines is 1. The Balaban J connectivity index is 1.92. The lowest BCUT2D eigenvalue weighted by Crippen LogP contribution is -2.13. The monoisotopic (exact) mass is 285 g/mol. The zero-order valence-corrected chi connectivity index (χ0v) is 11.4. The molecule has 0 spiro atoms. The van der Waals surface area contributed by atoms with Crippen LogP contribution in [0.5, 0.6) is 0 Å². The lowest BCUT2D eigenvalue weighted by Gasteiger charge is -2.02. The number of nitrogens with one attached hydrogen (secondary N) is 2. The average molecular weight is 285 g/mol. The maximum absolute atomic E-state index is 12.2. The molecule has 0 saturated heterocycles. The van der Waals surface area contributed by atoms with E-state index in [1.165, 1.54) is 11.3 Å². The van der Waals surface area contributed by atoms with E-state index in [1.807, 2.05) is 31.2 Å². The summed E-state index contributed by atoms with van der Waals surface area (Å²) in [4.78, 5) is 16.2. The molecule has 1 aromatic carbocycles. The molecule has 2 N–H and O–H groups in total. The van der Waals surface area contributed by atoms with Crippen molar-refractivity contribution < 1.29 is 4.79 Å². The summed E-state index contributed by atoms with van der Waals surface area (Å²) in [7, 11) is 0. The second kappa shape index (κ2) is 5.22.